The number of carboxylic acid groups (broad SMARTS) is 1. The molecule has 2 aromatic rings. The molecule has 0 saturated heterocycles. The quantitative estimate of drug-likeness (QED) is 0.453. The molecule has 25 heavy (non-hydrogen) atoms. The van der Waals surface area contributed by atoms with Crippen molar-refractivity contribution in [3.8, 4) is 0 Å². The number of carbonyl (C=O) groups excluding carboxylic acids is 1. The Labute approximate surface area is 154 Å². The summed E-state index contributed by atoms with van der Waals surface area (Å²) in [4.78, 5) is 43.0. The van der Waals surface area contributed by atoms with Crippen molar-refractivity contribution < 1.29 is 23.1 Å². The number of rotatable bonds is 4. The normalized spacial score (nSPS) is 11.0. The van der Waals surface area contributed by atoms with Crippen LogP contribution >= 0.6 is 22.6 Å². The Balaban J connectivity index is 2.29. The van der Waals surface area contributed by atoms with E-state index in [1.165, 1.54) is 13.0 Å². The number of aromatic nitrogens is 3. The van der Waals surface area contributed by atoms with E-state index in [9.17, 15) is 22.8 Å². The Hall–Kier alpha value is -2.55. The molecular weight excluding hydrogens is 469 g/mol. The smallest absolute Gasteiger partial charge is 0.349 e. The van der Waals surface area contributed by atoms with E-state index in [4.69, 9.17) is 5.11 Å². The fourth-order valence-corrected chi connectivity index (χ4v) is 3.58. The first-order valence-electron chi connectivity index (χ1n) is 6.40. The average Bonchev–Trinajstić information content (AvgIpc) is 2.44. The highest BCUT2D eigenvalue weighted by molar-refractivity contribution is 14.1. The number of H-pyrrole nitrogens is 1. The number of anilines is 1. The zero-order valence-corrected chi connectivity index (χ0v) is 15.4. The highest BCUT2D eigenvalue weighted by Gasteiger charge is 2.25. The zero-order valence-electron chi connectivity index (χ0n) is 12.4. The summed E-state index contributed by atoms with van der Waals surface area (Å²) in [6.07, 6.45) is 0. The summed E-state index contributed by atoms with van der Waals surface area (Å²) in [5.41, 5.74) is -1.28. The van der Waals surface area contributed by atoms with E-state index in [0.29, 0.717) is 3.57 Å². The standard InChI is InChI=1S/C12H10IN5O6S/c1-5-14-10(16-11(21)15-5)17-12(22)18-25(23,24)8-4-6(13)2-3-7(8)9(19)20/h2-4H,1H3,(H,19,20)(H3,14,15,16,17,18,21,22). The van der Waals surface area contributed by atoms with Gasteiger partial charge >= 0.3 is 17.7 Å². The van der Waals surface area contributed by atoms with Crippen LogP contribution in [0.5, 0.6) is 0 Å². The van der Waals surface area contributed by atoms with Crippen LogP contribution in [-0.4, -0.2) is 40.5 Å². The first-order chi connectivity index (χ1) is 11.6. The third kappa shape index (κ3) is 4.72. The summed E-state index contributed by atoms with van der Waals surface area (Å²) in [6.45, 7) is 1.44. The van der Waals surface area contributed by atoms with Crippen LogP contribution < -0.4 is 15.7 Å². The molecule has 11 nitrogen and oxygen atoms in total. The molecule has 1 aromatic carbocycles. The predicted octanol–water partition coefficient (Wildman–Crippen LogP) is 0.287. The number of hydrogen-bond donors (Lipinski definition) is 4. The molecule has 0 aliphatic rings. The number of carboxylic acids is 1. The number of sulfonamides is 1. The number of amides is 2. The molecule has 0 spiro atoms. The lowest BCUT2D eigenvalue weighted by Gasteiger charge is -2.10. The third-order valence-electron chi connectivity index (χ3n) is 2.68. The van der Waals surface area contributed by atoms with Gasteiger partial charge in [0.15, 0.2) is 0 Å². The second kappa shape index (κ2) is 7.14. The molecule has 4 N–H and O–H groups in total. The van der Waals surface area contributed by atoms with Gasteiger partial charge in [0, 0.05) is 3.57 Å². The molecule has 1 aromatic heterocycles. The lowest BCUT2D eigenvalue weighted by Crippen LogP contribution is -2.36. The Kier molecular flexibility index (Phi) is 5.36. The number of carbonyl (C=O) groups is 2. The van der Waals surface area contributed by atoms with Crippen LogP contribution in [0.25, 0.3) is 0 Å². The molecule has 132 valence electrons. The van der Waals surface area contributed by atoms with Gasteiger partial charge in [0.2, 0.25) is 5.95 Å². The van der Waals surface area contributed by atoms with Crippen LogP contribution in [0, 0.1) is 10.5 Å². The van der Waals surface area contributed by atoms with Crippen LogP contribution in [-0.2, 0) is 10.0 Å². The second-order valence-electron chi connectivity index (χ2n) is 4.57. The van der Waals surface area contributed by atoms with Gasteiger partial charge in [-0.3, -0.25) is 10.3 Å². The first-order valence-corrected chi connectivity index (χ1v) is 8.96. The summed E-state index contributed by atoms with van der Waals surface area (Å²) >= 11 is 1.80. The molecular formula is C12H10IN5O6S. The van der Waals surface area contributed by atoms with Crippen molar-refractivity contribution in [2.75, 3.05) is 5.32 Å². The number of urea groups is 1. The summed E-state index contributed by atoms with van der Waals surface area (Å²) in [6, 6.07) is 2.38. The average molecular weight is 479 g/mol. The van der Waals surface area contributed by atoms with Crippen molar-refractivity contribution in [1.29, 1.82) is 0 Å². The molecule has 0 unspecified atom stereocenters. The van der Waals surface area contributed by atoms with Gasteiger partial charge in [-0.2, -0.15) is 9.97 Å². The van der Waals surface area contributed by atoms with E-state index in [0.717, 1.165) is 12.1 Å². The lowest BCUT2D eigenvalue weighted by atomic mass is 10.2. The molecule has 1 heterocycles. The van der Waals surface area contributed by atoms with Crippen LogP contribution in [0.4, 0.5) is 10.7 Å². The topological polar surface area (TPSA) is 171 Å². The highest BCUT2D eigenvalue weighted by atomic mass is 127. The Morgan fingerprint density at radius 2 is 1.96 bits per heavy atom. The second-order valence-corrected chi connectivity index (χ2v) is 7.46. The molecule has 2 amide bonds. The number of nitrogens with zero attached hydrogens (tertiary/aromatic N) is 2. The molecule has 13 heteroatoms. The molecule has 0 bridgehead atoms. The largest absolute Gasteiger partial charge is 0.478 e. The van der Waals surface area contributed by atoms with Gasteiger partial charge in [-0.1, -0.05) is 0 Å². The Bertz CT molecular complexity index is 1020. The number of halogens is 1. The molecule has 0 aliphatic heterocycles. The SMILES string of the molecule is Cc1nc(NC(=O)NS(=O)(=O)c2cc(I)ccc2C(=O)O)nc(=O)[nH]1. The van der Waals surface area contributed by atoms with Crippen molar-refractivity contribution in [3.05, 3.63) is 43.6 Å². The van der Waals surface area contributed by atoms with Crippen molar-refractivity contribution >= 4 is 50.6 Å². The molecule has 0 saturated carbocycles. The van der Waals surface area contributed by atoms with E-state index in [1.54, 1.807) is 27.3 Å². The monoisotopic (exact) mass is 479 g/mol. The van der Waals surface area contributed by atoms with Crippen molar-refractivity contribution in [2.45, 2.75) is 11.8 Å². The van der Waals surface area contributed by atoms with Crippen LogP contribution in [0.15, 0.2) is 27.9 Å². The summed E-state index contributed by atoms with van der Waals surface area (Å²) in [5.74, 6) is -1.72. The Morgan fingerprint density at radius 1 is 1.28 bits per heavy atom. The lowest BCUT2D eigenvalue weighted by molar-refractivity contribution is 0.0692. The van der Waals surface area contributed by atoms with Crippen LogP contribution in [0.1, 0.15) is 16.2 Å². The van der Waals surface area contributed by atoms with Gasteiger partial charge in [0.05, 0.1) is 5.56 Å². The van der Waals surface area contributed by atoms with Gasteiger partial charge in [-0.15, -0.1) is 0 Å². The number of aryl methyl sites for hydroxylation is 1. The predicted molar refractivity (Wildman–Crippen MR) is 92.8 cm³/mol. The van der Waals surface area contributed by atoms with Crippen LogP contribution in [0.3, 0.4) is 0 Å². The number of benzene rings is 1. The zero-order chi connectivity index (χ0) is 18.8. The molecule has 0 aliphatic carbocycles. The number of aromatic amines is 1. The van der Waals surface area contributed by atoms with Crippen molar-refractivity contribution in [3.63, 3.8) is 0 Å². The van der Waals surface area contributed by atoms with E-state index in [1.807, 2.05) is 5.32 Å². The van der Waals surface area contributed by atoms with Gasteiger partial charge in [0.1, 0.15) is 10.7 Å². The Morgan fingerprint density at radius 3 is 2.56 bits per heavy atom. The molecule has 0 fully saturated rings. The maximum atomic E-state index is 12.3. The van der Waals surface area contributed by atoms with Gasteiger partial charge in [-0.05, 0) is 47.7 Å². The first kappa shape index (κ1) is 18.8. The number of aromatic carboxylic acids is 1. The molecule has 0 atom stereocenters. The van der Waals surface area contributed by atoms with E-state index in [2.05, 4.69) is 15.0 Å². The highest BCUT2D eigenvalue weighted by Crippen LogP contribution is 2.19. The number of hydrogen-bond acceptors (Lipinski definition) is 7. The summed E-state index contributed by atoms with van der Waals surface area (Å²) in [5, 5.41) is 11.1. The minimum Gasteiger partial charge on any atom is -0.478 e. The van der Waals surface area contributed by atoms with Gasteiger partial charge in [0.25, 0.3) is 10.0 Å². The minimum atomic E-state index is -4.49. The molecule has 0 radical (unpaired) electrons. The van der Waals surface area contributed by atoms with Crippen molar-refractivity contribution in [1.82, 2.24) is 19.7 Å². The summed E-state index contributed by atoms with van der Waals surface area (Å²) in [7, 11) is -4.49. The summed E-state index contributed by atoms with van der Waals surface area (Å²) < 4.78 is 26.7. The third-order valence-corrected chi connectivity index (χ3v) is 4.73. The molecule has 2 rings (SSSR count). The fourth-order valence-electron chi connectivity index (χ4n) is 1.75. The van der Waals surface area contributed by atoms with E-state index in [-0.39, 0.29) is 5.82 Å². The van der Waals surface area contributed by atoms with E-state index < -0.39 is 44.1 Å². The van der Waals surface area contributed by atoms with Crippen LogP contribution in [0.2, 0.25) is 0 Å². The van der Waals surface area contributed by atoms with Crippen molar-refractivity contribution in [2.24, 2.45) is 0 Å². The van der Waals surface area contributed by atoms with Gasteiger partial charge < -0.3 is 5.11 Å². The maximum absolute atomic E-state index is 12.3. The minimum absolute atomic E-state index is 0.156. The maximum Gasteiger partial charge on any atom is 0.349 e. The number of nitrogens with one attached hydrogen (secondary N) is 3. The van der Waals surface area contributed by atoms with E-state index >= 15 is 0 Å². The van der Waals surface area contributed by atoms with Gasteiger partial charge in [-0.25, -0.2) is 27.5 Å². The fraction of sp³-hybridized carbons (Fsp3) is 0.0833.